The maximum absolute atomic E-state index is 11.9. The number of nitrogens with zero attached hydrogens (tertiary/aromatic N) is 1. The summed E-state index contributed by atoms with van der Waals surface area (Å²) in [5, 5.41) is 5.94. The predicted molar refractivity (Wildman–Crippen MR) is 75.7 cm³/mol. The van der Waals surface area contributed by atoms with Crippen LogP contribution in [0.4, 0.5) is 0 Å². The van der Waals surface area contributed by atoms with Crippen molar-refractivity contribution in [3.63, 3.8) is 0 Å². The van der Waals surface area contributed by atoms with E-state index in [1.54, 1.807) is 28.9 Å². The summed E-state index contributed by atoms with van der Waals surface area (Å²) in [5.41, 5.74) is 3.91. The van der Waals surface area contributed by atoms with Crippen LogP contribution in [0.1, 0.15) is 31.4 Å². The molecule has 0 aromatic carbocycles. The molecule has 0 unspecified atom stereocenters. The molecule has 92 valence electrons. The Kier molecular flexibility index (Phi) is 3.25. The van der Waals surface area contributed by atoms with Crippen molar-refractivity contribution in [1.29, 1.82) is 0 Å². The average molecular weight is 276 g/mol. The first-order valence-corrected chi connectivity index (χ1v) is 7.51. The lowest BCUT2D eigenvalue weighted by Gasteiger charge is -1.95. The normalized spacial score (nSPS) is 14.0. The third kappa shape index (κ3) is 2.37. The van der Waals surface area contributed by atoms with Crippen LogP contribution in [0.3, 0.4) is 0 Å². The van der Waals surface area contributed by atoms with Crippen molar-refractivity contribution in [1.82, 2.24) is 5.43 Å². The lowest BCUT2D eigenvalue weighted by Crippen LogP contribution is -2.16. The molecule has 0 saturated heterocycles. The van der Waals surface area contributed by atoms with Gasteiger partial charge in [0.1, 0.15) is 0 Å². The molecule has 3 nitrogen and oxygen atoms in total. The number of carbonyl (C=O) groups excluding carboxylic acids is 1. The van der Waals surface area contributed by atoms with Crippen LogP contribution in [0.5, 0.6) is 0 Å². The fraction of sp³-hybridized carbons (Fsp3) is 0.231. The van der Waals surface area contributed by atoms with E-state index in [2.05, 4.69) is 10.5 Å². The average Bonchev–Trinajstić information content (AvgIpc) is 3.04. The highest BCUT2D eigenvalue weighted by Crippen LogP contribution is 2.30. The van der Waals surface area contributed by atoms with E-state index in [1.807, 2.05) is 23.6 Å². The fourth-order valence-electron chi connectivity index (χ4n) is 2.02. The van der Waals surface area contributed by atoms with Gasteiger partial charge in [0.25, 0.3) is 5.91 Å². The van der Waals surface area contributed by atoms with Crippen LogP contribution in [0, 0.1) is 0 Å². The Morgan fingerprint density at radius 3 is 3.17 bits per heavy atom. The van der Waals surface area contributed by atoms with Crippen molar-refractivity contribution >= 4 is 34.8 Å². The molecule has 0 spiro atoms. The van der Waals surface area contributed by atoms with Gasteiger partial charge in [-0.1, -0.05) is 6.07 Å². The maximum atomic E-state index is 11.9. The van der Waals surface area contributed by atoms with Gasteiger partial charge in [-0.15, -0.1) is 22.7 Å². The zero-order valence-corrected chi connectivity index (χ0v) is 11.3. The Hall–Kier alpha value is -1.46. The number of aryl methyl sites for hydroxylation is 2. The quantitative estimate of drug-likeness (QED) is 0.679. The summed E-state index contributed by atoms with van der Waals surface area (Å²) >= 11 is 3.19. The van der Waals surface area contributed by atoms with Crippen molar-refractivity contribution in [3.05, 3.63) is 43.8 Å². The van der Waals surface area contributed by atoms with E-state index in [9.17, 15) is 4.79 Å². The Bertz CT molecular complexity index is 563. The van der Waals surface area contributed by atoms with Gasteiger partial charge in [0.05, 0.1) is 11.1 Å². The lowest BCUT2D eigenvalue weighted by atomic mass is 10.2. The summed E-state index contributed by atoms with van der Waals surface area (Å²) < 4.78 is 0. The molecule has 0 radical (unpaired) electrons. The third-order valence-corrected chi connectivity index (χ3v) is 4.91. The smallest absolute Gasteiger partial charge is 0.266 e. The summed E-state index contributed by atoms with van der Waals surface area (Å²) in [4.78, 5) is 15.0. The maximum Gasteiger partial charge on any atom is 0.281 e. The molecular weight excluding hydrogens is 264 g/mol. The fourth-order valence-corrected chi connectivity index (χ4v) is 3.74. The lowest BCUT2D eigenvalue weighted by molar-refractivity contribution is 0.0959. The number of hydrogen-bond acceptors (Lipinski definition) is 4. The topological polar surface area (TPSA) is 41.5 Å². The van der Waals surface area contributed by atoms with Crippen LogP contribution in [-0.4, -0.2) is 12.1 Å². The summed E-state index contributed by atoms with van der Waals surface area (Å²) in [6, 6.07) is 5.92. The van der Waals surface area contributed by atoms with E-state index in [1.165, 1.54) is 16.9 Å². The molecule has 1 amide bonds. The number of hydrazone groups is 1. The van der Waals surface area contributed by atoms with Crippen molar-refractivity contribution in [2.45, 2.75) is 19.3 Å². The first kappa shape index (κ1) is 11.6. The Morgan fingerprint density at radius 2 is 2.39 bits per heavy atom. The molecular formula is C13H12N2OS2. The van der Waals surface area contributed by atoms with Crippen LogP contribution in [-0.2, 0) is 12.8 Å². The molecule has 0 aliphatic heterocycles. The van der Waals surface area contributed by atoms with Crippen molar-refractivity contribution in [3.8, 4) is 0 Å². The molecule has 2 aromatic rings. The molecule has 2 heterocycles. The molecule has 1 aliphatic rings. The van der Waals surface area contributed by atoms with Crippen LogP contribution < -0.4 is 5.43 Å². The zero-order chi connectivity index (χ0) is 12.4. The van der Waals surface area contributed by atoms with Gasteiger partial charge in [-0.25, -0.2) is 5.43 Å². The Labute approximate surface area is 113 Å². The second-order valence-corrected chi connectivity index (χ2v) is 6.24. The minimum absolute atomic E-state index is 0.109. The number of amides is 1. The van der Waals surface area contributed by atoms with Crippen molar-refractivity contribution < 1.29 is 4.79 Å². The van der Waals surface area contributed by atoms with E-state index in [-0.39, 0.29) is 5.91 Å². The molecule has 1 N–H and O–H groups in total. The molecule has 0 bridgehead atoms. The highest BCUT2D eigenvalue weighted by molar-refractivity contribution is 7.14. The standard InChI is InChI=1S/C13H12N2OS2/c16-13(15-14-8-10-4-2-6-17-10)12-7-9-3-1-5-11(9)18-12/h2,4,6-8H,1,3,5H2,(H,15,16)/b14-8-. The number of nitrogens with one attached hydrogen (secondary N) is 1. The van der Waals surface area contributed by atoms with Gasteiger partial charge < -0.3 is 0 Å². The molecule has 0 fully saturated rings. The molecule has 5 heteroatoms. The van der Waals surface area contributed by atoms with Crippen molar-refractivity contribution in [2.75, 3.05) is 0 Å². The van der Waals surface area contributed by atoms with Crippen molar-refractivity contribution in [2.24, 2.45) is 5.10 Å². The third-order valence-electron chi connectivity index (χ3n) is 2.87. The number of carbonyl (C=O) groups is 1. The zero-order valence-electron chi connectivity index (χ0n) is 9.68. The van der Waals surface area contributed by atoms with E-state index < -0.39 is 0 Å². The van der Waals surface area contributed by atoms with E-state index in [4.69, 9.17) is 0 Å². The van der Waals surface area contributed by atoms with Gasteiger partial charge in [-0.2, -0.15) is 5.10 Å². The summed E-state index contributed by atoms with van der Waals surface area (Å²) in [6.45, 7) is 0. The second-order valence-electron chi connectivity index (χ2n) is 4.13. The first-order valence-electron chi connectivity index (χ1n) is 5.81. The minimum atomic E-state index is -0.109. The summed E-state index contributed by atoms with van der Waals surface area (Å²) in [5.74, 6) is -0.109. The molecule has 2 aromatic heterocycles. The number of thiophene rings is 2. The summed E-state index contributed by atoms with van der Waals surface area (Å²) in [7, 11) is 0. The minimum Gasteiger partial charge on any atom is -0.266 e. The number of rotatable bonds is 3. The largest absolute Gasteiger partial charge is 0.281 e. The van der Waals surface area contributed by atoms with Gasteiger partial charge in [-0.3, -0.25) is 4.79 Å². The van der Waals surface area contributed by atoms with Gasteiger partial charge in [0.15, 0.2) is 0 Å². The van der Waals surface area contributed by atoms with Crippen LogP contribution in [0.15, 0.2) is 28.7 Å². The monoisotopic (exact) mass is 276 g/mol. The highest BCUT2D eigenvalue weighted by Gasteiger charge is 2.17. The van der Waals surface area contributed by atoms with E-state index >= 15 is 0 Å². The number of fused-ring (bicyclic) bond motifs is 1. The van der Waals surface area contributed by atoms with Gasteiger partial charge in [0.2, 0.25) is 0 Å². The molecule has 18 heavy (non-hydrogen) atoms. The SMILES string of the molecule is O=C(N/N=C\c1cccs1)c1cc2c(s1)CCC2. The van der Waals surface area contributed by atoms with Gasteiger partial charge >= 0.3 is 0 Å². The Morgan fingerprint density at radius 1 is 1.44 bits per heavy atom. The summed E-state index contributed by atoms with van der Waals surface area (Å²) in [6.07, 6.45) is 5.12. The predicted octanol–water partition coefficient (Wildman–Crippen LogP) is 3.06. The van der Waals surface area contributed by atoms with Crippen LogP contribution >= 0.6 is 22.7 Å². The molecule has 0 atom stereocenters. The Balaban J connectivity index is 1.64. The molecule has 0 saturated carbocycles. The molecule has 1 aliphatic carbocycles. The number of hydrogen-bond donors (Lipinski definition) is 1. The highest BCUT2D eigenvalue weighted by atomic mass is 32.1. The van der Waals surface area contributed by atoms with Gasteiger partial charge in [0, 0.05) is 9.75 Å². The van der Waals surface area contributed by atoms with Gasteiger partial charge in [-0.05, 0) is 42.3 Å². The van der Waals surface area contributed by atoms with Crippen LogP contribution in [0.2, 0.25) is 0 Å². The van der Waals surface area contributed by atoms with Crippen LogP contribution in [0.25, 0.3) is 0 Å². The van der Waals surface area contributed by atoms with E-state index in [0.717, 1.165) is 22.6 Å². The second kappa shape index (κ2) is 5.04. The first-order chi connectivity index (χ1) is 8.83. The van der Waals surface area contributed by atoms with E-state index in [0.29, 0.717) is 0 Å². The molecule has 3 rings (SSSR count).